The van der Waals surface area contributed by atoms with E-state index < -0.39 is 0 Å². The Morgan fingerprint density at radius 2 is 1.43 bits per heavy atom. The van der Waals surface area contributed by atoms with Gasteiger partial charge in [-0.3, -0.25) is 14.5 Å². The molecule has 0 saturated carbocycles. The Kier molecular flexibility index (Phi) is 24.5. The van der Waals surface area contributed by atoms with Crippen molar-refractivity contribution in [3.8, 4) is 0 Å². The predicted octanol–water partition coefficient (Wildman–Crippen LogP) is 5.45. The fourth-order valence-electron chi connectivity index (χ4n) is 5.72. The minimum atomic E-state index is -0.176. The van der Waals surface area contributed by atoms with Gasteiger partial charge in [0.15, 0.2) is 0 Å². The summed E-state index contributed by atoms with van der Waals surface area (Å²) >= 11 is 0. The molecule has 0 bridgehead atoms. The monoisotopic (exact) mass is 592 g/mol. The third-order valence-corrected chi connectivity index (χ3v) is 8.08. The molecule has 1 heterocycles. The van der Waals surface area contributed by atoms with E-state index in [-0.39, 0.29) is 18.5 Å². The van der Waals surface area contributed by atoms with Gasteiger partial charge in [0.25, 0.3) is 0 Å². The van der Waals surface area contributed by atoms with Gasteiger partial charge in [0.1, 0.15) is 6.61 Å². The molecule has 0 aromatic heterocycles. The highest BCUT2D eigenvalue weighted by Crippen LogP contribution is 2.26. The van der Waals surface area contributed by atoms with E-state index >= 15 is 0 Å². The summed E-state index contributed by atoms with van der Waals surface area (Å²) in [6.07, 6.45) is 25.4. The minimum absolute atomic E-state index is 0.0525. The van der Waals surface area contributed by atoms with Gasteiger partial charge in [0, 0.05) is 33.2 Å². The minimum Gasteiger partial charge on any atom is -0.464 e. The summed E-state index contributed by atoms with van der Waals surface area (Å²) in [5.74, 6) is 0.896. The van der Waals surface area contributed by atoms with E-state index in [0.29, 0.717) is 57.6 Å². The van der Waals surface area contributed by atoms with E-state index in [4.69, 9.17) is 20.9 Å². The van der Waals surface area contributed by atoms with Crippen LogP contribution < -0.4 is 11.5 Å². The highest BCUT2D eigenvalue weighted by molar-refractivity contribution is 5.78. The van der Waals surface area contributed by atoms with Crippen LogP contribution in [0.15, 0.2) is 24.3 Å². The summed E-state index contributed by atoms with van der Waals surface area (Å²) < 4.78 is 10.7. The smallest absolute Gasteiger partial charge is 0.305 e. The summed E-state index contributed by atoms with van der Waals surface area (Å²) in [5, 5.41) is 0. The van der Waals surface area contributed by atoms with Crippen molar-refractivity contribution in [2.75, 3.05) is 66.1 Å². The number of likely N-dealkylation sites (tertiary alicyclic amines) is 1. The quantitative estimate of drug-likeness (QED) is 0.0780. The Hall–Kier alpha value is -1.74. The number of esters is 1. The van der Waals surface area contributed by atoms with Crippen LogP contribution in [0.1, 0.15) is 103 Å². The molecule has 42 heavy (non-hydrogen) atoms. The first-order valence-corrected chi connectivity index (χ1v) is 16.9. The first-order valence-electron chi connectivity index (χ1n) is 16.9. The zero-order chi connectivity index (χ0) is 30.7. The number of ether oxygens (including phenoxy) is 2. The van der Waals surface area contributed by atoms with Gasteiger partial charge in [-0.2, -0.15) is 0 Å². The molecule has 2 unspecified atom stereocenters. The van der Waals surface area contributed by atoms with Gasteiger partial charge in [0.05, 0.1) is 19.7 Å². The normalized spacial score (nSPS) is 17.8. The number of rotatable bonds is 26. The molecule has 8 nitrogen and oxygen atoms in total. The van der Waals surface area contributed by atoms with E-state index in [2.05, 4.69) is 36.1 Å². The van der Waals surface area contributed by atoms with Crippen molar-refractivity contribution in [3.63, 3.8) is 0 Å². The lowest BCUT2D eigenvalue weighted by atomic mass is 9.85. The van der Waals surface area contributed by atoms with Crippen molar-refractivity contribution in [1.82, 2.24) is 9.80 Å². The lowest BCUT2D eigenvalue weighted by Crippen LogP contribution is -2.48. The maximum atomic E-state index is 13.2. The van der Waals surface area contributed by atoms with Gasteiger partial charge in [-0.1, -0.05) is 63.3 Å². The Morgan fingerprint density at radius 1 is 0.833 bits per heavy atom. The molecule has 1 aliphatic heterocycles. The molecule has 0 aromatic rings. The molecule has 1 saturated heterocycles. The second-order valence-electron chi connectivity index (χ2n) is 11.9. The Morgan fingerprint density at radius 3 is 2.05 bits per heavy atom. The predicted molar refractivity (Wildman–Crippen MR) is 174 cm³/mol. The molecule has 0 aromatic carbocycles. The van der Waals surface area contributed by atoms with Crippen LogP contribution in [0.2, 0.25) is 0 Å². The number of allylic oxidation sites excluding steroid dienone is 4. The highest BCUT2D eigenvalue weighted by Gasteiger charge is 2.28. The molecule has 1 rings (SSSR count). The van der Waals surface area contributed by atoms with Crippen molar-refractivity contribution in [1.29, 1.82) is 0 Å². The molecular weight excluding hydrogens is 528 g/mol. The van der Waals surface area contributed by atoms with Crippen molar-refractivity contribution in [2.45, 2.75) is 103 Å². The average Bonchev–Trinajstić information content (AvgIpc) is 2.97. The second-order valence-corrected chi connectivity index (χ2v) is 11.9. The summed E-state index contributed by atoms with van der Waals surface area (Å²) in [7, 11) is 1.63. The van der Waals surface area contributed by atoms with Crippen LogP contribution in [-0.2, 0) is 19.1 Å². The van der Waals surface area contributed by atoms with Crippen LogP contribution in [0, 0.1) is 11.8 Å². The molecule has 0 radical (unpaired) electrons. The second kappa shape index (κ2) is 26.9. The highest BCUT2D eigenvalue weighted by atomic mass is 16.5. The van der Waals surface area contributed by atoms with Crippen molar-refractivity contribution < 1.29 is 19.1 Å². The number of nitrogens with two attached hydrogens (primary N) is 2. The number of nitrogens with zero attached hydrogens (tertiary/aromatic N) is 2. The van der Waals surface area contributed by atoms with Gasteiger partial charge in [-0.25, -0.2) is 0 Å². The van der Waals surface area contributed by atoms with E-state index in [9.17, 15) is 9.59 Å². The third kappa shape index (κ3) is 20.2. The number of unbranched alkanes of at least 4 members (excludes halogenated alkanes) is 8. The Labute approximate surface area is 257 Å². The summed E-state index contributed by atoms with van der Waals surface area (Å²) in [6.45, 7) is 7.29. The van der Waals surface area contributed by atoms with Crippen LogP contribution in [0.4, 0.5) is 0 Å². The summed E-state index contributed by atoms with van der Waals surface area (Å²) in [6, 6.07) is 0. The number of carbonyl (C=O) groups is 2. The lowest BCUT2D eigenvalue weighted by molar-refractivity contribution is -0.146. The maximum absolute atomic E-state index is 13.2. The van der Waals surface area contributed by atoms with Crippen molar-refractivity contribution in [2.24, 2.45) is 23.3 Å². The Bertz CT molecular complexity index is 716. The van der Waals surface area contributed by atoms with Gasteiger partial charge < -0.3 is 25.8 Å². The van der Waals surface area contributed by atoms with Gasteiger partial charge >= 0.3 is 5.97 Å². The van der Waals surface area contributed by atoms with Crippen LogP contribution in [-0.4, -0.2) is 87.8 Å². The third-order valence-electron chi connectivity index (χ3n) is 8.08. The summed E-state index contributed by atoms with van der Waals surface area (Å²) in [4.78, 5) is 29.5. The van der Waals surface area contributed by atoms with Crippen LogP contribution in [0.3, 0.4) is 0 Å². The van der Waals surface area contributed by atoms with Crippen LogP contribution in [0.5, 0.6) is 0 Å². The van der Waals surface area contributed by atoms with E-state index in [1.807, 2.05) is 0 Å². The number of carbonyl (C=O) groups excluding carboxylic acids is 2. The average molecular weight is 593 g/mol. The number of piperidine rings is 1. The number of methoxy groups -OCH3 is 1. The molecule has 1 fully saturated rings. The fourth-order valence-corrected chi connectivity index (χ4v) is 5.72. The van der Waals surface area contributed by atoms with E-state index in [1.54, 1.807) is 12.0 Å². The largest absolute Gasteiger partial charge is 0.464 e. The zero-order valence-corrected chi connectivity index (χ0v) is 27.1. The standard InChI is InChI=1S/C34H64N4O4/c1-3-4-5-6-7-8-9-10-11-12-13-14-15-16-17-18-34(40)42-26-24-38(23-25-41-2)33(39)30-37-28-31(19-21-35)27-32(29-37)20-22-36/h7-8,10-11,31-32H,3-6,9,12-30,35-36H2,1-2H3/b8-7-,11-10-. The molecule has 4 N–H and O–H groups in total. The zero-order valence-electron chi connectivity index (χ0n) is 27.1. The Balaban J connectivity index is 2.21. The lowest BCUT2D eigenvalue weighted by Gasteiger charge is -2.38. The van der Waals surface area contributed by atoms with Crippen molar-refractivity contribution in [3.05, 3.63) is 24.3 Å². The van der Waals surface area contributed by atoms with Gasteiger partial charge in [-0.15, -0.1) is 0 Å². The molecule has 0 aliphatic carbocycles. The van der Waals surface area contributed by atoms with Crippen LogP contribution in [0.25, 0.3) is 0 Å². The van der Waals surface area contributed by atoms with Gasteiger partial charge in [0.2, 0.25) is 5.91 Å². The van der Waals surface area contributed by atoms with E-state index in [0.717, 1.165) is 64.5 Å². The molecule has 2 atom stereocenters. The molecule has 1 aliphatic rings. The molecule has 8 heteroatoms. The SMILES string of the molecule is CCCCC/C=C\C/C=C\CCCCCCCC(=O)OCCN(CCOC)C(=O)CN1CC(CCN)CC(CCN)C1. The van der Waals surface area contributed by atoms with E-state index in [1.165, 1.54) is 38.5 Å². The number of hydrogen-bond donors (Lipinski definition) is 2. The first-order chi connectivity index (χ1) is 20.5. The van der Waals surface area contributed by atoms with Gasteiger partial charge in [-0.05, 0) is 82.7 Å². The summed E-state index contributed by atoms with van der Waals surface area (Å²) in [5.41, 5.74) is 11.6. The molecule has 0 spiro atoms. The fraction of sp³-hybridized carbons (Fsp3) is 0.824. The topological polar surface area (TPSA) is 111 Å². The number of hydrogen-bond acceptors (Lipinski definition) is 7. The molecule has 1 amide bonds. The first kappa shape index (κ1) is 38.3. The van der Waals surface area contributed by atoms with Crippen LogP contribution >= 0.6 is 0 Å². The number of amides is 1. The molecule has 244 valence electrons. The molecular formula is C34H64N4O4. The van der Waals surface area contributed by atoms with Crippen molar-refractivity contribution >= 4 is 11.9 Å². The maximum Gasteiger partial charge on any atom is 0.305 e.